The number of phenolic OH excluding ortho intramolecular Hbond substituents is 1. The van der Waals surface area contributed by atoms with Gasteiger partial charge >= 0.3 is 0 Å². The van der Waals surface area contributed by atoms with Gasteiger partial charge in [-0.05, 0) is 42.9 Å². The zero-order valence-electron chi connectivity index (χ0n) is 15.1. The zero-order chi connectivity index (χ0) is 19.1. The molecule has 1 fully saturated rings. The second-order valence-electron chi connectivity index (χ2n) is 6.76. The number of piperidine rings is 1. The van der Waals surface area contributed by atoms with Gasteiger partial charge in [0, 0.05) is 19.3 Å². The van der Waals surface area contributed by atoms with Crippen molar-refractivity contribution in [3.63, 3.8) is 0 Å². The van der Waals surface area contributed by atoms with Crippen molar-refractivity contribution in [2.24, 2.45) is 5.92 Å². The number of likely N-dealkylation sites (tertiary alicyclic amines) is 1. The van der Waals surface area contributed by atoms with Crippen LogP contribution in [0.5, 0.6) is 5.75 Å². The van der Waals surface area contributed by atoms with Crippen LogP contribution < -0.4 is 5.32 Å². The van der Waals surface area contributed by atoms with E-state index < -0.39 is 0 Å². The molecule has 5 nitrogen and oxygen atoms in total. The number of aromatic hydroxyl groups is 1. The molecule has 1 amide bonds. The van der Waals surface area contributed by atoms with Crippen LogP contribution in [0.25, 0.3) is 0 Å². The molecule has 1 saturated heterocycles. The molecule has 0 unspecified atom stereocenters. The number of hydrogen-bond acceptors (Lipinski definition) is 4. The molecule has 0 spiro atoms. The average molecular weight is 361 g/mol. The van der Waals surface area contributed by atoms with E-state index in [0.717, 1.165) is 19.3 Å². The maximum Gasteiger partial charge on any atom is 0.266 e. The van der Waals surface area contributed by atoms with E-state index in [1.165, 1.54) is 11.8 Å². The van der Waals surface area contributed by atoms with Crippen molar-refractivity contribution in [1.29, 1.82) is 5.26 Å². The number of anilines is 1. The van der Waals surface area contributed by atoms with E-state index in [1.807, 2.05) is 12.1 Å². The van der Waals surface area contributed by atoms with E-state index in [1.54, 1.807) is 29.2 Å². The van der Waals surface area contributed by atoms with Gasteiger partial charge in [0.05, 0.1) is 5.69 Å². The summed E-state index contributed by atoms with van der Waals surface area (Å²) in [5.41, 5.74) is 1.83. The Morgan fingerprint density at radius 2 is 1.81 bits per heavy atom. The Morgan fingerprint density at radius 1 is 1.15 bits per heavy atom. The highest BCUT2D eigenvalue weighted by Gasteiger charge is 2.25. The molecule has 138 valence electrons. The molecule has 0 atom stereocenters. The third-order valence-corrected chi connectivity index (χ3v) is 4.90. The van der Waals surface area contributed by atoms with Gasteiger partial charge in [0.25, 0.3) is 5.91 Å². The van der Waals surface area contributed by atoms with Crippen LogP contribution in [0.2, 0.25) is 0 Å². The van der Waals surface area contributed by atoms with Crippen molar-refractivity contribution in [2.45, 2.75) is 19.3 Å². The number of hydrogen-bond donors (Lipinski definition) is 2. The Balaban J connectivity index is 1.56. The molecule has 0 saturated carbocycles. The lowest BCUT2D eigenvalue weighted by Gasteiger charge is -2.32. The number of carbonyl (C=O) groups excluding carboxylic acids is 1. The minimum absolute atomic E-state index is 0.0414. The SMILES string of the molecule is N#C/C(=C/Nc1ccccc1O)C(=O)N1CCC(Cc2ccccc2)CC1. The number of benzene rings is 2. The van der Waals surface area contributed by atoms with E-state index in [-0.39, 0.29) is 17.2 Å². The van der Waals surface area contributed by atoms with Crippen molar-refractivity contribution in [1.82, 2.24) is 4.90 Å². The van der Waals surface area contributed by atoms with Gasteiger partial charge in [-0.25, -0.2) is 0 Å². The fraction of sp³-hybridized carbons (Fsp3) is 0.273. The molecule has 2 aromatic rings. The van der Waals surface area contributed by atoms with Gasteiger partial charge in [-0.2, -0.15) is 5.26 Å². The van der Waals surface area contributed by atoms with Gasteiger partial charge in [-0.3, -0.25) is 4.79 Å². The predicted octanol–water partition coefficient (Wildman–Crippen LogP) is 3.69. The molecule has 2 N–H and O–H groups in total. The van der Waals surface area contributed by atoms with E-state index in [4.69, 9.17) is 0 Å². The molecule has 1 heterocycles. The number of nitrogens with one attached hydrogen (secondary N) is 1. The Labute approximate surface area is 159 Å². The summed E-state index contributed by atoms with van der Waals surface area (Å²) in [5, 5.41) is 22.0. The van der Waals surface area contributed by atoms with Crippen molar-refractivity contribution in [3.05, 3.63) is 71.9 Å². The van der Waals surface area contributed by atoms with Crippen molar-refractivity contribution < 1.29 is 9.90 Å². The first kappa shape index (κ1) is 18.5. The molecule has 0 radical (unpaired) electrons. The van der Waals surface area contributed by atoms with Gasteiger partial charge in [0.15, 0.2) is 0 Å². The highest BCUT2D eigenvalue weighted by atomic mass is 16.3. The molecule has 3 rings (SSSR count). The average Bonchev–Trinajstić information content (AvgIpc) is 2.71. The summed E-state index contributed by atoms with van der Waals surface area (Å²) < 4.78 is 0. The highest BCUT2D eigenvalue weighted by Crippen LogP contribution is 2.24. The lowest BCUT2D eigenvalue weighted by atomic mass is 9.90. The van der Waals surface area contributed by atoms with Gasteiger partial charge in [0.2, 0.25) is 0 Å². The predicted molar refractivity (Wildman–Crippen MR) is 105 cm³/mol. The molecule has 2 aromatic carbocycles. The molecular formula is C22H23N3O2. The number of phenols is 1. The molecule has 1 aliphatic rings. The van der Waals surface area contributed by atoms with Crippen LogP contribution in [0.4, 0.5) is 5.69 Å². The second kappa shape index (κ2) is 8.91. The third-order valence-electron chi connectivity index (χ3n) is 4.90. The maximum atomic E-state index is 12.6. The summed E-state index contributed by atoms with van der Waals surface area (Å²) in [7, 11) is 0. The van der Waals surface area contributed by atoms with Crippen LogP contribution in [-0.2, 0) is 11.2 Å². The molecule has 0 aliphatic carbocycles. The monoisotopic (exact) mass is 361 g/mol. The normalized spacial score (nSPS) is 15.2. The van der Waals surface area contributed by atoms with Gasteiger partial charge in [-0.15, -0.1) is 0 Å². The number of nitrogens with zero attached hydrogens (tertiary/aromatic N) is 2. The first-order valence-corrected chi connectivity index (χ1v) is 9.15. The topological polar surface area (TPSA) is 76.4 Å². The van der Waals surface area contributed by atoms with Crippen LogP contribution in [0.1, 0.15) is 18.4 Å². The van der Waals surface area contributed by atoms with Crippen LogP contribution in [0, 0.1) is 17.2 Å². The quantitative estimate of drug-likeness (QED) is 0.484. The minimum atomic E-state index is -0.265. The van der Waals surface area contributed by atoms with E-state index >= 15 is 0 Å². The fourth-order valence-electron chi connectivity index (χ4n) is 3.35. The molecule has 0 bridgehead atoms. The summed E-state index contributed by atoms with van der Waals surface area (Å²) in [6, 6.07) is 19.1. The van der Waals surface area contributed by atoms with Gasteiger partial charge in [0.1, 0.15) is 17.4 Å². The largest absolute Gasteiger partial charge is 0.506 e. The Morgan fingerprint density at radius 3 is 2.48 bits per heavy atom. The Kier molecular flexibility index (Phi) is 6.11. The summed E-state index contributed by atoms with van der Waals surface area (Å²) in [6.45, 7) is 1.32. The van der Waals surface area contributed by atoms with Crippen molar-refractivity contribution in [3.8, 4) is 11.8 Å². The summed E-state index contributed by atoms with van der Waals surface area (Å²) >= 11 is 0. The maximum absolute atomic E-state index is 12.6. The van der Waals surface area contributed by atoms with Crippen LogP contribution >= 0.6 is 0 Å². The smallest absolute Gasteiger partial charge is 0.266 e. The lowest BCUT2D eigenvalue weighted by Crippen LogP contribution is -2.39. The second-order valence-corrected chi connectivity index (χ2v) is 6.76. The molecule has 0 aromatic heterocycles. The number of amides is 1. The number of rotatable bonds is 5. The van der Waals surface area contributed by atoms with Crippen LogP contribution in [0.15, 0.2) is 66.4 Å². The first-order valence-electron chi connectivity index (χ1n) is 9.15. The van der Waals surface area contributed by atoms with Crippen LogP contribution in [-0.4, -0.2) is 29.0 Å². The van der Waals surface area contributed by atoms with E-state index in [9.17, 15) is 15.2 Å². The lowest BCUT2D eigenvalue weighted by molar-refractivity contribution is -0.128. The van der Waals surface area contributed by atoms with Crippen molar-refractivity contribution in [2.75, 3.05) is 18.4 Å². The Bertz CT molecular complexity index is 847. The Hall–Kier alpha value is -3.26. The summed E-state index contributed by atoms with van der Waals surface area (Å²) in [4.78, 5) is 14.4. The molecule has 1 aliphatic heterocycles. The number of carbonyl (C=O) groups is 1. The minimum Gasteiger partial charge on any atom is -0.506 e. The number of para-hydroxylation sites is 2. The zero-order valence-corrected chi connectivity index (χ0v) is 15.1. The molecule has 5 heteroatoms. The number of nitriles is 1. The molecule has 27 heavy (non-hydrogen) atoms. The first-order chi connectivity index (χ1) is 13.2. The van der Waals surface area contributed by atoms with E-state index in [0.29, 0.717) is 24.7 Å². The standard InChI is InChI=1S/C22H23N3O2/c23-15-19(16-24-20-8-4-5-9-21(20)26)22(27)25-12-10-18(11-13-25)14-17-6-2-1-3-7-17/h1-9,16,18,24,26H,10-14H2/b19-16-. The van der Waals surface area contributed by atoms with Gasteiger partial charge in [-0.1, -0.05) is 42.5 Å². The van der Waals surface area contributed by atoms with E-state index in [2.05, 4.69) is 29.6 Å². The van der Waals surface area contributed by atoms with Gasteiger partial charge < -0.3 is 15.3 Å². The highest BCUT2D eigenvalue weighted by molar-refractivity contribution is 5.97. The third kappa shape index (κ3) is 4.89. The fourth-order valence-corrected chi connectivity index (χ4v) is 3.35. The van der Waals surface area contributed by atoms with Crippen molar-refractivity contribution >= 4 is 11.6 Å². The molecular weight excluding hydrogens is 338 g/mol. The van der Waals surface area contributed by atoms with Crippen LogP contribution in [0.3, 0.4) is 0 Å². The summed E-state index contributed by atoms with van der Waals surface area (Å²) in [5.74, 6) is 0.365. The summed E-state index contributed by atoms with van der Waals surface area (Å²) in [6.07, 6.45) is 4.27.